The van der Waals surface area contributed by atoms with Gasteiger partial charge in [0.25, 0.3) is 5.91 Å². The maximum absolute atomic E-state index is 12.6. The summed E-state index contributed by atoms with van der Waals surface area (Å²) in [7, 11) is 1.28. The first-order chi connectivity index (χ1) is 13.5. The topological polar surface area (TPSA) is 82.1 Å². The molecule has 0 radical (unpaired) electrons. The van der Waals surface area contributed by atoms with Gasteiger partial charge in [0.1, 0.15) is 5.70 Å². The van der Waals surface area contributed by atoms with Crippen molar-refractivity contribution in [3.05, 3.63) is 34.5 Å². The Bertz CT molecular complexity index is 796. The van der Waals surface area contributed by atoms with Gasteiger partial charge in [-0.3, -0.25) is 4.79 Å². The fourth-order valence-electron chi connectivity index (χ4n) is 3.77. The van der Waals surface area contributed by atoms with Crippen molar-refractivity contribution in [3.63, 3.8) is 0 Å². The molecule has 2 heterocycles. The molecular formula is C20H26ClN3O4. The van der Waals surface area contributed by atoms with E-state index in [0.717, 1.165) is 25.1 Å². The second-order valence-corrected chi connectivity index (χ2v) is 7.53. The van der Waals surface area contributed by atoms with Crippen LogP contribution in [0.2, 0.25) is 5.02 Å². The number of amides is 1. The highest BCUT2D eigenvalue weighted by Crippen LogP contribution is 2.34. The fraction of sp³-hybridized carbons (Fsp3) is 0.500. The van der Waals surface area contributed by atoms with E-state index in [1.54, 1.807) is 6.07 Å². The number of carbonyl (C=O) groups is 2. The van der Waals surface area contributed by atoms with Crippen LogP contribution >= 0.6 is 11.6 Å². The van der Waals surface area contributed by atoms with Gasteiger partial charge in [0, 0.05) is 24.8 Å². The molecule has 1 fully saturated rings. The number of rotatable bonds is 6. The van der Waals surface area contributed by atoms with E-state index in [0.29, 0.717) is 16.8 Å². The Hall–Kier alpha value is -2.25. The Morgan fingerprint density at radius 3 is 2.82 bits per heavy atom. The normalized spacial score (nSPS) is 20.0. The van der Waals surface area contributed by atoms with Crippen molar-refractivity contribution >= 4 is 34.9 Å². The molecule has 0 aliphatic carbocycles. The van der Waals surface area contributed by atoms with Gasteiger partial charge in [0.2, 0.25) is 0 Å². The standard InChI is InChI=1S/C20H26ClN3O4/c1-13-5-3-4-8-24(13)17-7-6-14(11-16(17)21)22-18-15(20(27)28-2)12-23(9-10-25)19(18)26/h6-7,11,13,22,25H,3-5,8-10,12H2,1-2H3. The van der Waals surface area contributed by atoms with Crippen LogP contribution in [0, 0.1) is 0 Å². The van der Waals surface area contributed by atoms with Crippen molar-refractivity contribution in [3.8, 4) is 0 Å². The van der Waals surface area contributed by atoms with Crippen molar-refractivity contribution in [1.82, 2.24) is 4.90 Å². The highest BCUT2D eigenvalue weighted by Gasteiger charge is 2.34. The molecule has 152 valence electrons. The summed E-state index contributed by atoms with van der Waals surface area (Å²) >= 11 is 6.54. The Kier molecular flexibility index (Phi) is 6.46. The number of carbonyl (C=O) groups excluding carboxylic acids is 2. The number of aliphatic hydroxyl groups is 1. The van der Waals surface area contributed by atoms with Gasteiger partial charge in [-0.15, -0.1) is 0 Å². The highest BCUT2D eigenvalue weighted by atomic mass is 35.5. The Morgan fingerprint density at radius 1 is 1.39 bits per heavy atom. The summed E-state index contributed by atoms with van der Waals surface area (Å²) in [5, 5.41) is 12.8. The van der Waals surface area contributed by atoms with Gasteiger partial charge in [0.15, 0.2) is 0 Å². The van der Waals surface area contributed by atoms with Crippen LogP contribution in [0.3, 0.4) is 0 Å². The maximum Gasteiger partial charge on any atom is 0.337 e. The third-order valence-corrected chi connectivity index (χ3v) is 5.59. The van der Waals surface area contributed by atoms with Crippen LogP contribution in [0.5, 0.6) is 0 Å². The lowest BCUT2D eigenvalue weighted by Gasteiger charge is -2.36. The van der Waals surface area contributed by atoms with Crippen molar-refractivity contribution in [2.24, 2.45) is 0 Å². The lowest BCUT2D eigenvalue weighted by Crippen LogP contribution is -2.37. The third kappa shape index (κ3) is 4.10. The van der Waals surface area contributed by atoms with Crippen LogP contribution < -0.4 is 10.2 Å². The summed E-state index contributed by atoms with van der Waals surface area (Å²) in [6.45, 7) is 3.24. The predicted octanol–water partition coefficient (Wildman–Crippen LogP) is 2.39. The maximum atomic E-state index is 12.6. The van der Waals surface area contributed by atoms with Crippen LogP contribution in [-0.4, -0.2) is 61.3 Å². The van der Waals surface area contributed by atoms with Crippen molar-refractivity contribution in [1.29, 1.82) is 0 Å². The minimum Gasteiger partial charge on any atom is -0.466 e. The third-order valence-electron chi connectivity index (χ3n) is 5.28. The molecule has 0 saturated carbocycles. The van der Waals surface area contributed by atoms with Crippen molar-refractivity contribution in [2.75, 3.05) is 43.6 Å². The molecule has 0 bridgehead atoms. The second kappa shape index (κ2) is 8.84. The van der Waals surface area contributed by atoms with E-state index in [2.05, 4.69) is 17.1 Å². The van der Waals surface area contributed by atoms with E-state index < -0.39 is 5.97 Å². The molecule has 0 spiro atoms. The monoisotopic (exact) mass is 407 g/mol. The number of benzene rings is 1. The fourth-order valence-corrected chi connectivity index (χ4v) is 4.06. The molecule has 2 N–H and O–H groups in total. The van der Waals surface area contributed by atoms with Gasteiger partial charge in [-0.1, -0.05) is 11.6 Å². The first-order valence-electron chi connectivity index (χ1n) is 9.51. The van der Waals surface area contributed by atoms with E-state index in [1.165, 1.54) is 18.4 Å². The number of esters is 1. The first kappa shape index (κ1) is 20.5. The Morgan fingerprint density at radius 2 is 2.18 bits per heavy atom. The summed E-state index contributed by atoms with van der Waals surface area (Å²) in [5.41, 5.74) is 2.00. The largest absolute Gasteiger partial charge is 0.466 e. The average molecular weight is 408 g/mol. The molecular weight excluding hydrogens is 382 g/mol. The number of aliphatic hydroxyl groups excluding tert-OH is 1. The predicted molar refractivity (Wildman–Crippen MR) is 108 cm³/mol. The smallest absolute Gasteiger partial charge is 0.337 e. The lowest BCUT2D eigenvalue weighted by atomic mass is 10.0. The summed E-state index contributed by atoms with van der Waals surface area (Å²) in [5.74, 6) is -0.916. The van der Waals surface area contributed by atoms with E-state index >= 15 is 0 Å². The summed E-state index contributed by atoms with van der Waals surface area (Å²) in [6, 6.07) is 5.99. The number of nitrogens with zero attached hydrogens (tertiary/aromatic N) is 2. The number of piperidine rings is 1. The zero-order chi connectivity index (χ0) is 20.3. The van der Waals surface area contributed by atoms with E-state index in [4.69, 9.17) is 21.4 Å². The number of hydrogen-bond donors (Lipinski definition) is 2. The summed E-state index contributed by atoms with van der Waals surface area (Å²) < 4.78 is 4.80. The van der Waals surface area contributed by atoms with Crippen LogP contribution in [-0.2, 0) is 14.3 Å². The number of nitrogens with one attached hydrogen (secondary N) is 1. The van der Waals surface area contributed by atoms with E-state index in [9.17, 15) is 9.59 Å². The number of anilines is 2. The van der Waals surface area contributed by atoms with Gasteiger partial charge >= 0.3 is 5.97 Å². The van der Waals surface area contributed by atoms with E-state index in [1.807, 2.05) is 12.1 Å². The Balaban J connectivity index is 1.84. The van der Waals surface area contributed by atoms with E-state index in [-0.39, 0.29) is 36.9 Å². The molecule has 1 atom stereocenters. The quantitative estimate of drug-likeness (QED) is 0.705. The molecule has 28 heavy (non-hydrogen) atoms. The molecule has 1 amide bonds. The van der Waals surface area contributed by atoms with Gasteiger partial charge in [-0.05, 0) is 44.4 Å². The highest BCUT2D eigenvalue weighted by molar-refractivity contribution is 6.33. The summed E-state index contributed by atoms with van der Waals surface area (Å²) in [6.07, 6.45) is 3.51. The minimum absolute atomic E-state index is 0.103. The number of halogens is 1. The zero-order valence-electron chi connectivity index (χ0n) is 16.2. The zero-order valence-corrected chi connectivity index (χ0v) is 17.0. The molecule has 3 rings (SSSR count). The van der Waals surface area contributed by atoms with Crippen molar-refractivity contribution < 1.29 is 19.4 Å². The molecule has 0 aromatic heterocycles. The SMILES string of the molecule is COC(=O)C1=C(Nc2ccc(N3CCCCC3C)c(Cl)c2)C(=O)N(CCO)C1. The first-order valence-corrected chi connectivity index (χ1v) is 9.89. The molecule has 1 saturated heterocycles. The second-order valence-electron chi connectivity index (χ2n) is 7.12. The number of ether oxygens (including phenoxy) is 1. The molecule has 2 aliphatic rings. The van der Waals surface area contributed by atoms with Gasteiger partial charge in [0.05, 0.1) is 36.5 Å². The number of hydrogen-bond acceptors (Lipinski definition) is 6. The molecule has 1 unspecified atom stereocenters. The average Bonchev–Trinajstić information content (AvgIpc) is 2.98. The summed E-state index contributed by atoms with van der Waals surface area (Å²) in [4.78, 5) is 28.4. The molecule has 1 aromatic carbocycles. The van der Waals surface area contributed by atoms with Gasteiger partial charge in [-0.2, -0.15) is 0 Å². The van der Waals surface area contributed by atoms with Crippen molar-refractivity contribution in [2.45, 2.75) is 32.2 Å². The minimum atomic E-state index is -0.568. The Labute approximate surface area is 169 Å². The van der Waals surface area contributed by atoms with Crippen LogP contribution in [0.1, 0.15) is 26.2 Å². The van der Waals surface area contributed by atoms with Gasteiger partial charge < -0.3 is 25.0 Å². The van der Waals surface area contributed by atoms with Crippen LogP contribution in [0.4, 0.5) is 11.4 Å². The number of β-amino-alcohol motifs (C(OH)–C–C–N with tert-alkyl or cyclic N) is 1. The molecule has 8 heteroatoms. The lowest BCUT2D eigenvalue weighted by molar-refractivity contribution is -0.136. The molecule has 7 nitrogen and oxygen atoms in total. The molecule has 2 aliphatic heterocycles. The number of methoxy groups -OCH3 is 1. The van der Waals surface area contributed by atoms with Crippen LogP contribution in [0.15, 0.2) is 29.5 Å². The van der Waals surface area contributed by atoms with Gasteiger partial charge in [-0.25, -0.2) is 4.79 Å². The van der Waals surface area contributed by atoms with Crippen LogP contribution in [0.25, 0.3) is 0 Å². The molecule has 1 aromatic rings.